The number of carbonyl (C=O) groups excluding carboxylic acids is 3. The molecule has 0 spiro atoms. The third-order valence-corrected chi connectivity index (χ3v) is 10.9. The molecule has 7 atom stereocenters. The number of nitrogens with zero attached hydrogens (tertiary/aromatic N) is 1. The fourth-order valence-electron chi connectivity index (χ4n) is 9.08. The third kappa shape index (κ3) is 3.07. The summed E-state index contributed by atoms with van der Waals surface area (Å²) in [5, 5.41) is 9.66. The highest BCUT2D eigenvalue weighted by Gasteiger charge is 2.66. The van der Waals surface area contributed by atoms with Crippen LogP contribution in [0.1, 0.15) is 72.6 Å². The Morgan fingerprint density at radius 2 is 1.80 bits per heavy atom. The average molecular weight is 476 g/mol. The lowest BCUT2D eigenvalue weighted by Crippen LogP contribution is -2.60. The number of methoxy groups -OCH3 is 1. The Morgan fingerprint density at radius 1 is 1.09 bits per heavy atom. The minimum Gasteiger partial charge on any atom is -0.469 e. The summed E-state index contributed by atoms with van der Waals surface area (Å²) in [5.41, 5.74) is 0.364. The van der Waals surface area contributed by atoms with Gasteiger partial charge in [0.2, 0.25) is 0 Å². The van der Waals surface area contributed by atoms with Gasteiger partial charge >= 0.3 is 5.97 Å². The first-order chi connectivity index (χ1) is 16.3. The molecule has 0 radical (unpaired) electrons. The van der Waals surface area contributed by atoms with Gasteiger partial charge in [0, 0.05) is 11.3 Å². The summed E-state index contributed by atoms with van der Waals surface area (Å²) < 4.78 is 5.35. The molecule has 5 aliphatic carbocycles. The van der Waals surface area contributed by atoms with Crippen molar-refractivity contribution in [2.75, 3.05) is 7.11 Å². The zero-order valence-electron chi connectivity index (χ0n) is 21.7. The van der Waals surface area contributed by atoms with Crippen molar-refractivity contribution in [1.82, 2.24) is 0 Å². The molecule has 0 aliphatic heterocycles. The number of ether oxygens (including phenoxy) is 1. The van der Waals surface area contributed by atoms with Crippen molar-refractivity contribution in [2.24, 2.45) is 45.3 Å². The van der Waals surface area contributed by atoms with E-state index in [1.54, 1.807) is 0 Å². The summed E-state index contributed by atoms with van der Waals surface area (Å²) in [6, 6.07) is 2.08. The van der Waals surface area contributed by atoms with E-state index in [4.69, 9.17) is 4.74 Å². The molecule has 0 aromatic heterocycles. The maximum Gasteiger partial charge on any atom is 0.312 e. The van der Waals surface area contributed by atoms with E-state index in [1.165, 1.54) is 7.11 Å². The van der Waals surface area contributed by atoms with Crippen LogP contribution >= 0.6 is 0 Å². The van der Waals surface area contributed by atoms with E-state index in [9.17, 15) is 19.6 Å². The van der Waals surface area contributed by atoms with E-state index in [0.29, 0.717) is 5.57 Å². The molecule has 0 bridgehead atoms. The van der Waals surface area contributed by atoms with E-state index in [1.807, 2.05) is 12.2 Å². The van der Waals surface area contributed by atoms with Gasteiger partial charge in [-0.3, -0.25) is 14.4 Å². The van der Waals surface area contributed by atoms with Crippen molar-refractivity contribution < 1.29 is 19.1 Å². The topological polar surface area (TPSA) is 84.2 Å². The van der Waals surface area contributed by atoms with Gasteiger partial charge in [0.05, 0.1) is 18.1 Å². The van der Waals surface area contributed by atoms with Gasteiger partial charge in [0.25, 0.3) is 0 Å². The zero-order chi connectivity index (χ0) is 25.6. The van der Waals surface area contributed by atoms with Crippen LogP contribution in [-0.2, 0) is 19.1 Å². The van der Waals surface area contributed by atoms with Crippen LogP contribution in [0.4, 0.5) is 0 Å². The summed E-state index contributed by atoms with van der Waals surface area (Å²) >= 11 is 0. The molecular formula is C30H37NO4. The molecule has 5 heteroatoms. The quantitative estimate of drug-likeness (QED) is 0.368. The Morgan fingerprint density at radius 3 is 2.46 bits per heavy atom. The zero-order valence-corrected chi connectivity index (χ0v) is 21.7. The van der Waals surface area contributed by atoms with Crippen molar-refractivity contribution in [2.45, 2.75) is 72.6 Å². The summed E-state index contributed by atoms with van der Waals surface area (Å²) in [6.45, 7) is 12.9. The largest absolute Gasteiger partial charge is 0.469 e. The molecule has 5 rings (SSSR count). The van der Waals surface area contributed by atoms with Crippen LogP contribution in [0.3, 0.4) is 0 Å². The highest BCUT2D eigenvalue weighted by Crippen LogP contribution is 2.69. The van der Waals surface area contributed by atoms with E-state index in [0.717, 1.165) is 50.5 Å². The van der Waals surface area contributed by atoms with Crippen molar-refractivity contribution in [3.63, 3.8) is 0 Å². The molecule has 0 saturated heterocycles. The van der Waals surface area contributed by atoms with Crippen LogP contribution < -0.4 is 0 Å². The number of nitriles is 1. The van der Waals surface area contributed by atoms with E-state index in [2.05, 4.69) is 40.3 Å². The fourth-order valence-corrected chi connectivity index (χ4v) is 9.08. The molecule has 186 valence electrons. The van der Waals surface area contributed by atoms with Crippen LogP contribution in [-0.4, -0.2) is 24.6 Å². The molecule has 5 aliphatic rings. The van der Waals surface area contributed by atoms with Crippen LogP contribution in [0.25, 0.3) is 0 Å². The molecule has 0 aromatic rings. The van der Waals surface area contributed by atoms with Gasteiger partial charge in [-0.2, -0.15) is 5.26 Å². The first-order valence-electron chi connectivity index (χ1n) is 13.1. The molecule has 0 heterocycles. The maximum atomic E-state index is 14.1. The third-order valence-electron chi connectivity index (χ3n) is 10.9. The number of rotatable bonds is 1. The highest BCUT2D eigenvalue weighted by atomic mass is 16.5. The normalized spacial score (nSPS) is 43.9. The van der Waals surface area contributed by atoms with Crippen molar-refractivity contribution in [3.05, 3.63) is 35.5 Å². The Bertz CT molecular complexity index is 1150. The molecule has 0 N–H and O–H groups in total. The van der Waals surface area contributed by atoms with Gasteiger partial charge in [0.15, 0.2) is 11.6 Å². The summed E-state index contributed by atoms with van der Waals surface area (Å²) in [4.78, 5) is 40.0. The summed E-state index contributed by atoms with van der Waals surface area (Å²) in [7, 11) is 1.47. The van der Waals surface area contributed by atoms with Gasteiger partial charge < -0.3 is 4.74 Å². The lowest BCUT2D eigenvalue weighted by molar-refractivity contribution is -0.177. The predicted octanol–water partition coefficient (Wildman–Crippen LogP) is 5.52. The molecule has 0 aromatic carbocycles. The standard InChI is InChI=1S/C30H37NO4/c1-17-19-7-9-28(4)20-8-10-30(26(34)35-6)12-11-27(2,3)15-21(30)24(20)22(32)13-23(28)29(19,5)14-18(16-31)25(17)33/h13-14,19-21,24H,1,7-12,15H2,2-6H3. The van der Waals surface area contributed by atoms with Crippen molar-refractivity contribution in [3.8, 4) is 6.07 Å². The Labute approximate surface area is 208 Å². The number of carbonyl (C=O) groups is 3. The van der Waals surface area contributed by atoms with E-state index in [-0.39, 0.29) is 57.6 Å². The van der Waals surface area contributed by atoms with Gasteiger partial charge in [-0.25, -0.2) is 0 Å². The summed E-state index contributed by atoms with van der Waals surface area (Å²) in [6.07, 6.45) is 9.48. The lowest BCUT2D eigenvalue weighted by Gasteiger charge is -2.63. The Hall–Kier alpha value is -2.48. The smallest absolute Gasteiger partial charge is 0.312 e. The minimum atomic E-state index is -0.580. The van der Waals surface area contributed by atoms with Gasteiger partial charge in [-0.05, 0) is 85.2 Å². The average Bonchev–Trinajstić information content (AvgIpc) is 2.81. The predicted molar refractivity (Wildman–Crippen MR) is 132 cm³/mol. The molecule has 7 unspecified atom stereocenters. The monoisotopic (exact) mass is 475 g/mol. The molecule has 0 amide bonds. The Balaban J connectivity index is 1.65. The number of hydrogen-bond donors (Lipinski definition) is 0. The van der Waals surface area contributed by atoms with E-state index < -0.39 is 10.8 Å². The first-order valence-corrected chi connectivity index (χ1v) is 13.1. The number of fused-ring (bicyclic) bond motifs is 7. The van der Waals surface area contributed by atoms with Gasteiger partial charge in [-0.15, -0.1) is 0 Å². The second-order valence-electron chi connectivity index (χ2n) is 13.1. The second kappa shape index (κ2) is 7.51. The highest BCUT2D eigenvalue weighted by molar-refractivity contribution is 6.12. The number of Topliss-reactive ketones (excluding diaryl/α,β-unsaturated/α-hetero) is 1. The van der Waals surface area contributed by atoms with Gasteiger partial charge in [-0.1, -0.05) is 45.9 Å². The molecule has 35 heavy (non-hydrogen) atoms. The molecule has 5 nitrogen and oxygen atoms in total. The number of ketones is 2. The molecule has 3 saturated carbocycles. The van der Waals surface area contributed by atoms with Crippen molar-refractivity contribution >= 4 is 17.5 Å². The van der Waals surface area contributed by atoms with Crippen molar-refractivity contribution in [1.29, 1.82) is 5.26 Å². The molecular weight excluding hydrogens is 438 g/mol. The lowest BCUT2D eigenvalue weighted by atomic mass is 9.39. The van der Waals surface area contributed by atoms with Crippen LogP contribution in [0.2, 0.25) is 0 Å². The summed E-state index contributed by atoms with van der Waals surface area (Å²) in [5.74, 6) is -0.499. The van der Waals surface area contributed by atoms with Crippen LogP contribution in [0.5, 0.6) is 0 Å². The fraction of sp³-hybridized carbons (Fsp3) is 0.667. The SMILES string of the molecule is C=C1C(=O)C(C#N)=CC2(C)C3=CC(=O)C4C(CCC5(C(=O)OC)CCC(C)(C)CC45)C3(C)CCC12. The van der Waals surface area contributed by atoms with Gasteiger partial charge in [0.1, 0.15) is 6.07 Å². The second-order valence-corrected chi connectivity index (χ2v) is 13.1. The minimum absolute atomic E-state index is 0.0294. The Kier molecular flexibility index (Phi) is 5.20. The number of allylic oxidation sites excluding steroid dienone is 5. The number of esters is 1. The van der Waals surface area contributed by atoms with Crippen LogP contribution in [0, 0.1) is 56.7 Å². The number of hydrogen-bond acceptors (Lipinski definition) is 5. The maximum absolute atomic E-state index is 14.1. The molecule has 3 fully saturated rings. The van der Waals surface area contributed by atoms with E-state index >= 15 is 0 Å². The van der Waals surface area contributed by atoms with Crippen LogP contribution in [0.15, 0.2) is 35.5 Å². The first kappa shape index (κ1) is 24.2.